The van der Waals surface area contributed by atoms with E-state index in [2.05, 4.69) is 41.3 Å². The van der Waals surface area contributed by atoms with E-state index < -0.39 is 0 Å². The molecule has 4 rings (SSSR count). The van der Waals surface area contributed by atoms with E-state index in [0.29, 0.717) is 19.4 Å². The van der Waals surface area contributed by atoms with Gasteiger partial charge in [-0.1, -0.05) is 42.8 Å². The third-order valence-corrected chi connectivity index (χ3v) is 7.06. The zero-order valence-electron chi connectivity index (χ0n) is 19.0. The molecule has 0 unspecified atom stereocenters. The zero-order valence-corrected chi connectivity index (χ0v) is 19.0. The fraction of sp³-hybridized carbons (Fsp3) is 0.519. The summed E-state index contributed by atoms with van der Waals surface area (Å²) < 4.78 is 11.6. The summed E-state index contributed by atoms with van der Waals surface area (Å²) in [7, 11) is 1.67. The molecule has 0 radical (unpaired) electrons. The number of likely N-dealkylation sites (tertiary alicyclic amines) is 1. The molecule has 5 nitrogen and oxygen atoms in total. The van der Waals surface area contributed by atoms with Crippen LogP contribution in [0.1, 0.15) is 44.1 Å². The van der Waals surface area contributed by atoms with Crippen LogP contribution in [0.5, 0.6) is 5.75 Å². The SMILES string of the molecule is COc1ccc(-c2ccc(CO[C@@H]3C[C@@H](O)[C@@H](N4CCCCC4)[C@@H]3CCC=O)cc2)cc1. The molecule has 0 bridgehead atoms. The Hall–Kier alpha value is -2.21. The Balaban J connectivity index is 1.39. The van der Waals surface area contributed by atoms with Crippen LogP contribution in [-0.4, -0.2) is 54.7 Å². The molecule has 4 atom stereocenters. The lowest BCUT2D eigenvalue weighted by Gasteiger charge is -2.38. The highest BCUT2D eigenvalue weighted by atomic mass is 16.5. The van der Waals surface area contributed by atoms with Gasteiger partial charge in [-0.15, -0.1) is 0 Å². The molecule has 5 heteroatoms. The number of ether oxygens (including phenoxy) is 2. The van der Waals surface area contributed by atoms with E-state index in [9.17, 15) is 9.90 Å². The van der Waals surface area contributed by atoms with Crippen LogP contribution in [-0.2, 0) is 16.1 Å². The molecule has 1 heterocycles. The number of carbonyl (C=O) groups is 1. The Kier molecular flexibility index (Phi) is 7.95. The van der Waals surface area contributed by atoms with Gasteiger partial charge in [-0.2, -0.15) is 0 Å². The number of carbonyl (C=O) groups excluding carboxylic acids is 1. The second-order valence-electron chi connectivity index (χ2n) is 9.07. The van der Waals surface area contributed by atoms with Gasteiger partial charge in [0.25, 0.3) is 0 Å². The maximum Gasteiger partial charge on any atom is 0.120 e. The fourth-order valence-corrected chi connectivity index (χ4v) is 5.38. The summed E-state index contributed by atoms with van der Waals surface area (Å²) in [6, 6.07) is 16.6. The Labute approximate surface area is 191 Å². The standard InChI is InChI=1S/C27H35NO4/c1-31-23-13-11-22(12-14-23)21-9-7-20(8-10-21)19-32-26-18-25(30)27(24(26)6-5-17-29)28-15-3-2-4-16-28/h7-14,17,24-27,30H,2-6,15-16,18-19H2,1H3/t24-,25-,26-,27+/m1/s1. The Morgan fingerprint density at radius 1 is 1.00 bits per heavy atom. The Morgan fingerprint density at radius 3 is 2.28 bits per heavy atom. The highest BCUT2D eigenvalue weighted by Gasteiger charge is 2.45. The summed E-state index contributed by atoms with van der Waals surface area (Å²) in [4.78, 5) is 13.5. The molecule has 2 aromatic carbocycles. The van der Waals surface area contributed by atoms with Gasteiger partial charge in [0, 0.05) is 24.8 Å². The van der Waals surface area contributed by atoms with Crippen molar-refractivity contribution in [3.63, 3.8) is 0 Å². The first-order valence-electron chi connectivity index (χ1n) is 11.9. The number of piperidine rings is 1. The lowest BCUT2D eigenvalue weighted by atomic mass is 9.93. The number of aliphatic hydroxyl groups is 1. The van der Waals surface area contributed by atoms with Crippen molar-refractivity contribution in [3.05, 3.63) is 54.1 Å². The smallest absolute Gasteiger partial charge is 0.120 e. The van der Waals surface area contributed by atoms with Gasteiger partial charge in [0.2, 0.25) is 0 Å². The molecule has 32 heavy (non-hydrogen) atoms. The van der Waals surface area contributed by atoms with Crippen molar-refractivity contribution < 1.29 is 19.4 Å². The van der Waals surface area contributed by atoms with Gasteiger partial charge in [-0.3, -0.25) is 4.90 Å². The molecule has 2 aromatic rings. The number of benzene rings is 2. The van der Waals surface area contributed by atoms with Crippen molar-refractivity contribution in [2.45, 2.75) is 63.4 Å². The van der Waals surface area contributed by atoms with Gasteiger partial charge in [-0.05, 0) is 61.2 Å². The quantitative estimate of drug-likeness (QED) is 0.587. The van der Waals surface area contributed by atoms with E-state index in [1.807, 2.05) is 12.1 Å². The van der Waals surface area contributed by atoms with Crippen molar-refractivity contribution in [2.75, 3.05) is 20.2 Å². The first-order chi connectivity index (χ1) is 15.7. The maximum absolute atomic E-state index is 11.1. The van der Waals surface area contributed by atoms with E-state index in [1.165, 1.54) is 19.3 Å². The third kappa shape index (κ3) is 5.40. The lowest BCUT2D eigenvalue weighted by Crippen LogP contribution is -2.47. The van der Waals surface area contributed by atoms with Crippen molar-refractivity contribution >= 4 is 6.29 Å². The predicted molar refractivity (Wildman–Crippen MR) is 126 cm³/mol. The summed E-state index contributed by atoms with van der Waals surface area (Å²) in [5, 5.41) is 10.9. The number of methoxy groups -OCH3 is 1. The van der Waals surface area contributed by atoms with Crippen LogP contribution < -0.4 is 4.74 Å². The van der Waals surface area contributed by atoms with E-state index in [4.69, 9.17) is 9.47 Å². The molecule has 1 aliphatic heterocycles. The maximum atomic E-state index is 11.1. The molecule has 172 valence electrons. The summed E-state index contributed by atoms with van der Waals surface area (Å²) in [6.07, 6.45) is 6.20. The molecule has 0 amide bonds. The number of rotatable bonds is 9. The number of aliphatic hydroxyl groups excluding tert-OH is 1. The fourth-order valence-electron chi connectivity index (χ4n) is 5.38. The van der Waals surface area contributed by atoms with E-state index in [-0.39, 0.29) is 24.2 Å². The molecule has 2 fully saturated rings. The molecule has 2 aliphatic rings. The van der Waals surface area contributed by atoms with Crippen LogP contribution in [0.2, 0.25) is 0 Å². The summed E-state index contributed by atoms with van der Waals surface area (Å²) in [6.45, 7) is 2.60. The van der Waals surface area contributed by atoms with E-state index in [0.717, 1.165) is 48.2 Å². The Bertz CT molecular complexity index is 845. The zero-order chi connectivity index (χ0) is 22.3. The molecule has 1 N–H and O–H groups in total. The number of hydrogen-bond acceptors (Lipinski definition) is 5. The molecular weight excluding hydrogens is 402 g/mol. The number of aldehydes is 1. The van der Waals surface area contributed by atoms with Gasteiger partial charge in [0.15, 0.2) is 0 Å². The van der Waals surface area contributed by atoms with E-state index >= 15 is 0 Å². The van der Waals surface area contributed by atoms with Gasteiger partial charge in [-0.25, -0.2) is 0 Å². The van der Waals surface area contributed by atoms with Gasteiger partial charge in [0.1, 0.15) is 12.0 Å². The normalized spacial score (nSPS) is 26.2. The Morgan fingerprint density at radius 2 is 1.66 bits per heavy atom. The largest absolute Gasteiger partial charge is 0.497 e. The van der Waals surface area contributed by atoms with Crippen LogP contribution in [0.25, 0.3) is 11.1 Å². The lowest BCUT2D eigenvalue weighted by molar-refractivity contribution is -0.108. The molecule has 0 aromatic heterocycles. The van der Waals surface area contributed by atoms with Crippen LogP contribution in [0.15, 0.2) is 48.5 Å². The minimum atomic E-state index is -0.382. The van der Waals surface area contributed by atoms with Crippen LogP contribution in [0.4, 0.5) is 0 Å². The van der Waals surface area contributed by atoms with Crippen molar-refractivity contribution in [1.29, 1.82) is 0 Å². The monoisotopic (exact) mass is 437 g/mol. The summed E-state index contributed by atoms with van der Waals surface area (Å²) >= 11 is 0. The number of nitrogens with zero attached hydrogens (tertiary/aromatic N) is 1. The second-order valence-corrected chi connectivity index (χ2v) is 9.07. The van der Waals surface area contributed by atoms with Crippen molar-refractivity contribution in [2.24, 2.45) is 5.92 Å². The van der Waals surface area contributed by atoms with E-state index in [1.54, 1.807) is 7.11 Å². The number of hydrogen-bond donors (Lipinski definition) is 1. The highest BCUT2D eigenvalue weighted by molar-refractivity contribution is 5.64. The van der Waals surface area contributed by atoms with Gasteiger partial charge >= 0.3 is 0 Å². The topological polar surface area (TPSA) is 59.0 Å². The van der Waals surface area contributed by atoms with Crippen molar-refractivity contribution in [3.8, 4) is 16.9 Å². The van der Waals surface area contributed by atoms with Gasteiger partial charge < -0.3 is 19.4 Å². The highest BCUT2D eigenvalue weighted by Crippen LogP contribution is 2.37. The third-order valence-electron chi connectivity index (χ3n) is 7.06. The second kappa shape index (κ2) is 11.1. The van der Waals surface area contributed by atoms with Gasteiger partial charge in [0.05, 0.1) is 25.9 Å². The minimum absolute atomic E-state index is 0.0156. The van der Waals surface area contributed by atoms with Crippen LogP contribution in [0, 0.1) is 5.92 Å². The summed E-state index contributed by atoms with van der Waals surface area (Å²) in [5.74, 6) is 1.05. The molecule has 0 spiro atoms. The molecule has 1 saturated heterocycles. The predicted octanol–water partition coefficient (Wildman–Crippen LogP) is 4.46. The average Bonchev–Trinajstić information content (AvgIpc) is 3.17. The minimum Gasteiger partial charge on any atom is -0.497 e. The molecule has 1 aliphatic carbocycles. The summed E-state index contributed by atoms with van der Waals surface area (Å²) in [5.41, 5.74) is 3.42. The average molecular weight is 438 g/mol. The van der Waals surface area contributed by atoms with Crippen molar-refractivity contribution in [1.82, 2.24) is 4.90 Å². The first kappa shape index (κ1) is 23.0. The molecular formula is C27H35NO4. The van der Waals surface area contributed by atoms with Crippen LogP contribution >= 0.6 is 0 Å². The molecule has 1 saturated carbocycles. The first-order valence-corrected chi connectivity index (χ1v) is 11.9. The van der Waals surface area contributed by atoms with Crippen LogP contribution in [0.3, 0.4) is 0 Å².